The predicted molar refractivity (Wildman–Crippen MR) is 123 cm³/mol. The lowest BCUT2D eigenvalue weighted by molar-refractivity contribution is -0.139. The van der Waals surface area contributed by atoms with Gasteiger partial charge in [-0.1, -0.05) is 13.3 Å². The van der Waals surface area contributed by atoms with Crippen molar-refractivity contribution in [2.24, 2.45) is 13.0 Å². The molecule has 0 saturated carbocycles. The third-order valence-corrected chi connectivity index (χ3v) is 6.39. The van der Waals surface area contributed by atoms with E-state index in [9.17, 15) is 18.4 Å². The van der Waals surface area contributed by atoms with Crippen molar-refractivity contribution in [1.82, 2.24) is 29.4 Å². The van der Waals surface area contributed by atoms with E-state index in [0.29, 0.717) is 23.5 Å². The van der Waals surface area contributed by atoms with Gasteiger partial charge in [0.25, 0.3) is 0 Å². The minimum absolute atomic E-state index is 0.0896. The fourth-order valence-electron chi connectivity index (χ4n) is 4.36. The summed E-state index contributed by atoms with van der Waals surface area (Å²) < 4.78 is 48.8. The molecule has 1 aliphatic heterocycles. The van der Waals surface area contributed by atoms with Crippen LogP contribution in [0.15, 0.2) is 18.6 Å². The molecule has 0 aromatic carbocycles. The van der Waals surface area contributed by atoms with Gasteiger partial charge in [-0.25, -0.2) is 15.0 Å². The van der Waals surface area contributed by atoms with E-state index in [0.717, 1.165) is 38.5 Å². The Morgan fingerprint density at radius 3 is 2.66 bits per heavy atom. The maximum atomic E-state index is 13.9. The Morgan fingerprint density at radius 1 is 1.20 bits per heavy atom. The molecule has 4 heterocycles. The molecule has 0 radical (unpaired) electrons. The van der Waals surface area contributed by atoms with Gasteiger partial charge in [0.1, 0.15) is 22.8 Å². The van der Waals surface area contributed by atoms with Crippen LogP contribution < -0.4 is 4.74 Å². The Bertz CT molecular complexity index is 1210. The number of halogens is 3. The van der Waals surface area contributed by atoms with Gasteiger partial charge in [0, 0.05) is 18.8 Å². The van der Waals surface area contributed by atoms with Crippen molar-refractivity contribution in [1.29, 1.82) is 5.26 Å². The van der Waals surface area contributed by atoms with E-state index < -0.39 is 17.6 Å². The van der Waals surface area contributed by atoms with Crippen LogP contribution in [-0.4, -0.2) is 55.6 Å². The summed E-state index contributed by atoms with van der Waals surface area (Å²) in [6.45, 7) is 5.51. The van der Waals surface area contributed by atoms with E-state index in [1.165, 1.54) is 25.4 Å². The van der Waals surface area contributed by atoms with Crippen LogP contribution in [0.1, 0.15) is 50.4 Å². The number of hydrogen-bond donors (Lipinski definition) is 0. The van der Waals surface area contributed by atoms with Crippen LogP contribution in [0, 0.1) is 17.2 Å². The van der Waals surface area contributed by atoms with Crippen molar-refractivity contribution in [2.75, 3.05) is 26.2 Å². The van der Waals surface area contributed by atoms with Gasteiger partial charge < -0.3 is 14.2 Å². The molecule has 0 N–H and O–H groups in total. The number of hydrogen-bond acceptors (Lipinski definition) is 7. The average Bonchev–Trinajstić information content (AvgIpc) is 3.23. The van der Waals surface area contributed by atoms with Crippen molar-refractivity contribution in [3.63, 3.8) is 0 Å². The van der Waals surface area contributed by atoms with Crippen molar-refractivity contribution < 1.29 is 17.9 Å². The first-order valence-electron chi connectivity index (χ1n) is 11.8. The molecule has 0 atom stereocenters. The van der Waals surface area contributed by atoms with Crippen molar-refractivity contribution in [2.45, 2.75) is 45.2 Å². The van der Waals surface area contributed by atoms with Gasteiger partial charge in [-0.05, 0) is 57.3 Å². The Balaban J connectivity index is 1.50. The summed E-state index contributed by atoms with van der Waals surface area (Å²) in [7, 11) is 1.68. The number of likely N-dealkylation sites (tertiary alicyclic amines) is 1. The van der Waals surface area contributed by atoms with E-state index in [1.807, 2.05) is 6.07 Å². The number of rotatable bonds is 8. The number of aryl methyl sites for hydroxylation is 1. The summed E-state index contributed by atoms with van der Waals surface area (Å²) >= 11 is 0. The van der Waals surface area contributed by atoms with E-state index in [1.54, 1.807) is 11.6 Å². The van der Waals surface area contributed by atoms with Crippen molar-refractivity contribution in [3.05, 3.63) is 30.0 Å². The number of alkyl halides is 3. The second-order valence-electron chi connectivity index (χ2n) is 8.89. The number of unbranched alkanes of at least 4 members (excludes halogenated alkanes) is 1. The maximum Gasteiger partial charge on any atom is 0.421 e. The van der Waals surface area contributed by atoms with Gasteiger partial charge in [-0.2, -0.15) is 23.4 Å². The normalized spacial score (nSPS) is 15.4. The summed E-state index contributed by atoms with van der Waals surface area (Å²) in [5, 5.41) is 9.26. The molecule has 186 valence electrons. The third-order valence-electron chi connectivity index (χ3n) is 6.39. The second-order valence-corrected chi connectivity index (χ2v) is 8.89. The first-order chi connectivity index (χ1) is 16.8. The number of fused-ring (bicyclic) bond motifs is 1. The minimum Gasteiger partial charge on any atom is -0.477 e. The lowest BCUT2D eigenvalue weighted by Gasteiger charge is -2.31. The van der Waals surface area contributed by atoms with Gasteiger partial charge in [-0.3, -0.25) is 0 Å². The Labute approximate surface area is 201 Å². The highest BCUT2D eigenvalue weighted by Crippen LogP contribution is 2.38. The number of nitriles is 1. The van der Waals surface area contributed by atoms with Gasteiger partial charge in [0.15, 0.2) is 5.65 Å². The van der Waals surface area contributed by atoms with Crippen molar-refractivity contribution in [3.8, 4) is 23.2 Å². The zero-order valence-corrected chi connectivity index (χ0v) is 19.8. The predicted octanol–water partition coefficient (Wildman–Crippen LogP) is 4.60. The van der Waals surface area contributed by atoms with Crippen LogP contribution >= 0.6 is 0 Å². The summed E-state index contributed by atoms with van der Waals surface area (Å²) in [6.07, 6.45) is 3.17. The van der Waals surface area contributed by atoms with Crippen LogP contribution in [0.2, 0.25) is 0 Å². The summed E-state index contributed by atoms with van der Waals surface area (Å²) in [5.74, 6) is -0.177. The average molecular weight is 488 g/mol. The Hall–Kier alpha value is -3.26. The first-order valence-corrected chi connectivity index (χ1v) is 11.8. The summed E-state index contributed by atoms with van der Waals surface area (Å²) in [4.78, 5) is 18.8. The quantitative estimate of drug-likeness (QED) is 0.459. The molecule has 8 nitrogen and oxygen atoms in total. The lowest BCUT2D eigenvalue weighted by atomic mass is 9.94. The van der Waals surface area contributed by atoms with Crippen LogP contribution in [0.25, 0.3) is 22.4 Å². The third kappa shape index (κ3) is 5.70. The smallest absolute Gasteiger partial charge is 0.421 e. The summed E-state index contributed by atoms with van der Waals surface area (Å²) in [6, 6.07) is 2.79. The fraction of sp³-hybridized carbons (Fsp3) is 0.542. The van der Waals surface area contributed by atoms with E-state index in [2.05, 4.69) is 31.8 Å². The molecule has 0 aliphatic carbocycles. The lowest BCUT2D eigenvalue weighted by Crippen LogP contribution is -2.34. The van der Waals surface area contributed by atoms with E-state index in [-0.39, 0.29) is 23.7 Å². The van der Waals surface area contributed by atoms with Crippen LogP contribution in [0.3, 0.4) is 0 Å². The Kier molecular flexibility index (Phi) is 7.50. The molecular formula is C24H28F3N7O. The van der Waals surface area contributed by atoms with Crippen LogP contribution in [0.5, 0.6) is 5.88 Å². The zero-order chi connectivity index (χ0) is 25.0. The monoisotopic (exact) mass is 487 g/mol. The fourth-order valence-corrected chi connectivity index (χ4v) is 4.36. The number of imidazole rings is 1. The molecule has 35 heavy (non-hydrogen) atoms. The number of pyridine rings is 1. The standard InChI is InChI=1S/C24H28F3N7O/c1-3-4-8-34-9-5-16(6-10-34)7-11-35-23-18(24(25,26)27)12-17(14-29-23)20-21-22(33(2)15-30-21)32-19(13-28)31-20/h12,14-16H,3-11H2,1-2H3. The van der Waals surface area contributed by atoms with Crippen LogP contribution in [0.4, 0.5) is 13.2 Å². The molecule has 1 aliphatic rings. The summed E-state index contributed by atoms with van der Waals surface area (Å²) in [5.41, 5.74) is -0.134. The molecular weight excluding hydrogens is 459 g/mol. The highest BCUT2D eigenvalue weighted by atomic mass is 19.4. The van der Waals surface area contributed by atoms with Gasteiger partial charge in [0.2, 0.25) is 11.7 Å². The zero-order valence-electron chi connectivity index (χ0n) is 19.8. The van der Waals surface area contributed by atoms with Gasteiger partial charge in [-0.15, -0.1) is 0 Å². The van der Waals surface area contributed by atoms with Gasteiger partial charge >= 0.3 is 6.18 Å². The van der Waals surface area contributed by atoms with E-state index in [4.69, 9.17) is 4.74 Å². The van der Waals surface area contributed by atoms with E-state index >= 15 is 0 Å². The number of aromatic nitrogens is 5. The maximum absolute atomic E-state index is 13.9. The molecule has 0 unspecified atom stereocenters. The minimum atomic E-state index is -4.67. The molecule has 3 aromatic heterocycles. The molecule has 0 spiro atoms. The molecule has 4 rings (SSSR count). The number of piperidine rings is 1. The molecule has 1 fully saturated rings. The highest BCUT2D eigenvalue weighted by Gasteiger charge is 2.36. The number of nitrogens with zero attached hydrogens (tertiary/aromatic N) is 7. The van der Waals surface area contributed by atoms with Crippen molar-refractivity contribution >= 4 is 11.2 Å². The molecule has 11 heteroatoms. The first kappa shape index (κ1) is 24.9. The largest absolute Gasteiger partial charge is 0.477 e. The molecule has 3 aromatic rings. The Morgan fingerprint density at radius 2 is 1.97 bits per heavy atom. The second kappa shape index (κ2) is 10.6. The SMILES string of the molecule is CCCCN1CCC(CCOc2ncc(-c3nc(C#N)nc4c3ncn4C)cc2C(F)(F)F)CC1. The number of ether oxygens (including phenoxy) is 1. The topological polar surface area (TPSA) is 92.8 Å². The van der Waals surface area contributed by atoms with Crippen LogP contribution in [-0.2, 0) is 13.2 Å². The van der Waals surface area contributed by atoms with Gasteiger partial charge in [0.05, 0.1) is 12.9 Å². The highest BCUT2D eigenvalue weighted by molar-refractivity contribution is 5.87. The molecule has 0 amide bonds. The molecule has 1 saturated heterocycles. The molecule has 0 bridgehead atoms.